The molecular formula is C23H21N5. The zero-order valence-corrected chi connectivity index (χ0v) is 15.5. The number of aromatic amines is 1. The number of hydrogen-bond acceptors (Lipinski definition) is 4. The SMILES string of the molecule is c1ccc(-c2cccc([C@H]3c4nc[nH]c4CCN3Cc3cccnc3)c2)nc1. The lowest BCUT2D eigenvalue weighted by Crippen LogP contribution is -2.35. The lowest BCUT2D eigenvalue weighted by molar-refractivity contribution is 0.200. The summed E-state index contributed by atoms with van der Waals surface area (Å²) in [6.07, 6.45) is 8.39. The fourth-order valence-corrected chi connectivity index (χ4v) is 3.99. The molecule has 0 fully saturated rings. The molecule has 1 aliphatic rings. The minimum absolute atomic E-state index is 0.110. The summed E-state index contributed by atoms with van der Waals surface area (Å²) in [5.41, 5.74) is 6.92. The van der Waals surface area contributed by atoms with E-state index in [2.05, 4.69) is 55.2 Å². The highest BCUT2D eigenvalue weighted by molar-refractivity contribution is 5.60. The van der Waals surface area contributed by atoms with Crippen LogP contribution >= 0.6 is 0 Å². The standard InChI is InChI=1S/C23H21N5/c1-2-11-25-20(8-1)18-6-3-7-19(13-18)23-22-21(26-16-27-22)9-12-28(23)15-17-5-4-10-24-14-17/h1-8,10-11,13-14,16,23H,9,12,15H2,(H,26,27)/t23-/m0/s1. The molecule has 5 rings (SSSR count). The predicted molar refractivity (Wildman–Crippen MR) is 108 cm³/mol. The third kappa shape index (κ3) is 3.21. The number of H-pyrrole nitrogens is 1. The number of aromatic nitrogens is 4. The Morgan fingerprint density at radius 3 is 2.86 bits per heavy atom. The van der Waals surface area contributed by atoms with Crippen molar-refractivity contribution < 1.29 is 0 Å². The monoisotopic (exact) mass is 367 g/mol. The van der Waals surface area contributed by atoms with E-state index in [1.54, 1.807) is 0 Å². The van der Waals surface area contributed by atoms with Gasteiger partial charge in [0, 0.05) is 49.4 Å². The Kier molecular flexibility index (Phi) is 4.43. The molecule has 1 atom stereocenters. The summed E-state index contributed by atoms with van der Waals surface area (Å²) in [4.78, 5) is 19.3. The second-order valence-electron chi connectivity index (χ2n) is 7.09. The molecule has 138 valence electrons. The normalized spacial score (nSPS) is 16.6. The first kappa shape index (κ1) is 16.8. The van der Waals surface area contributed by atoms with Crippen molar-refractivity contribution in [2.75, 3.05) is 6.54 Å². The third-order valence-electron chi connectivity index (χ3n) is 5.30. The second-order valence-corrected chi connectivity index (χ2v) is 7.09. The van der Waals surface area contributed by atoms with Gasteiger partial charge in [0.15, 0.2) is 0 Å². The fraction of sp³-hybridized carbons (Fsp3) is 0.174. The molecule has 4 heterocycles. The van der Waals surface area contributed by atoms with Gasteiger partial charge in [-0.1, -0.05) is 30.3 Å². The van der Waals surface area contributed by atoms with Crippen LogP contribution in [0.15, 0.2) is 79.5 Å². The van der Waals surface area contributed by atoms with Gasteiger partial charge in [-0.25, -0.2) is 4.98 Å². The van der Waals surface area contributed by atoms with Crippen LogP contribution in [0, 0.1) is 0 Å². The molecule has 0 aliphatic carbocycles. The van der Waals surface area contributed by atoms with E-state index >= 15 is 0 Å². The number of hydrogen-bond donors (Lipinski definition) is 1. The van der Waals surface area contributed by atoms with Gasteiger partial charge in [0.25, 0.3) is 0 Å². The van der Waals surface area contributed by atoms with Crippen LogP contribution in [0.25, 0.3) is 11.3 Å². The molecule has 1 aliphatic heterocycles. The first-order valence-electron chi connectivity index (χ1n) is 9.55. The minimum Gasteiger partial charge on any atom is -0.348 e. The van der Waals surface area contributed by atoms with Gasteiger partial charge in [0.1, 0.15) is 0 Å². The average Bonchev–Trinajstić information content (AvgIpc) is 3.24. The van der Waals surface area contributed by atoms with Gasteiger partial charge in [-0.2, -0.15) is 0 Å². The molecule has 0 unspecified atom stereocenters. The summed E-state index contributed by atoms with van der Waals surface area (Å²) in [7, 11) is 0. The van der Waals surface area contributed by atoms with E-state index in [-0.39, 0.29) is 6.04 Å². The van der Waals surface area contributed by atoms with Gasteiger partial charge in [-0.3, -0.25) is 14.9 Å². The summed E-state index contributed by atoms with van der Waals surface area (Å²) < 4.78 is 0. The fourth-order valence-electron chi connectivity index (χ4n) is 3.99. The molecule has 5 nitrogen and oxygen atoms in total. The van der Waals surface area contributed by atoms with Crippen molar-refractivity contribution in [2.45, 2.75) is 19.0 Å². The van der Waals surface area contributed by atoms with Crippen molar-refractivity contribution in [1.29, 1.82) is 0 Å². The molecule has 0 bridgehead atoms. The van der Waals surface area contributed by atoms with E-state index in [4.69, 9.17) is 0 Å². The molecule has 0 saturated carbocycles. The lowest BCUT2D eigenvalue weighted by atomic mass is 9.93. The van der Waals surface area contributed by atoms with Crippen LogP contribution in [-0.4, -0.2) is 31.4 Å². The lowest BCUT2D eigenvalue weighted by Gasteiger charge is -2.35. The molecule has 1 N–H and O–H groups in total. The Morgan fingerprint density at radius 2 is 2.00 bits per heavy atom. The van der Waals surface area contributed by atoms with E-state index in [1.807, 2.05) is 49.2 Å². The maximum absolute atomic E-state index is 4.68. The Balaban J connectivity index is 1.55. The van der Waals surface area contributed by atoms with E-state index in [1.165, 1.54) is 16.8 Å². The highest BCUT2D eigenvalue weighted by Crippen LogP contribution is 2.35. The van der Waals surface area contributed by atoms with E-state index in [9.17, 15) is 0 Å². The average molecular weight is 367 g/mol. The summed E-state index contributed by atoms with van der Waals surface area (Å²) in [6.45, 7) is 1.82. The Morgan fingerprint density at radius 1 is 1.00 bits per heavy atom. The number of rotatable bonds is 4. The van der Waals surface area contributed by atoms with E-state index < -0.39 is 0 Å². The third-order valence-corrected chi connectivity index (χ3v) is 5.30. The number of pyridine rings is 2. The molecule has 1 aromatic carbocycles. The number of benzene rings is 1. The highest BCUT2D eigenvalue weighted by atomic mass is 15.2. The first-order chi connectivity index (χ1) is 13.9. The smallest absolute Gasteiger partial charge is 0.0926 e. The van der Waals surface area contributed by atoms with Crippen molar-refractivity contribution >= 4 is 0 Å². The largest absolute Gasteiger partial charge is 0.348 e. The van der Waals surface area contributed by atoms with Crippen molar-refractivity contribution in [3.63, 3.8) is 0 Å². The van der Waals surface area contributed by atoms with Crippen LogP contribution < -0.4 is 0 Å². The molecule has 4 aromatic rings. The van der Waals surface area contributed by atoms with Crippen LogP contribution in [0.1, 0.15) is 28.6 Å². The number of imidazole rings is 1. The molecule has 5 heteroatoms. The topological polar surface area (TPSA) is 57.7 Å². The maximum atomic E-state index is 4.68. The quantitative estimate of drug-likeness (QED) is 0.592. The van der Waals surface area contributed by atoms with Gasteiger partial charge in [0.2, 0.25) is 0 Å². The molecule has 28 heavy (non-hydrogen) atoms. The van der Waals surface area contributed by atoms with Gasteiger partial charge in [-0.05, 0) is 35.4 Å². The predicted octanol–water partition coefficient (Wildman–Crippen LogP) is 4.01. The zero-order valence-electron chi connectivity index (χ0n) is 15.5. The van der Waals surface area contributed by atoms with Crippen LogP contribution in [0.5, 0.6) is 0 Å². The van der Waals surface area contributed by atoms with Crippen LogP contribution in [0.4, 0.5) is 0 Å². The molecule has 0 saturated heterocycles. The summed E-state index contributed by atoms with van der Waals surface area (Å²) >= 11 is 0. The Hall–Kier alpha value is -3.31. The number of nitrogens with one attached hydrogen (secondary N) is 1. The molecule has 3 aromatic heterocycles. The van der Waals surface area contributed by atoms with Gasteiger partial charge in [0.05, 0.1) is 23.8 Å². The molecule has 0 amide bonds. The van der Waals surface area contributed by atoms with Gasteiger partial charge >= 0.3 is 0 Å². The second kappa shape index (κ2) is 7.37. The summed E-state index contributed by atoms with van der Waals surface area (Å²) in [5, 5.41) is 0. The Labute approximate surface area is 164 Å². The number of fused-ring (bicyclic) bond motifs is 1. The van der Waals surface area contributed by atoms with Crippen molar-refractivity contribution in [2.24, 2.45) is 0 Å². The molecule has 0 radical (unpaired) electrons. The maximum Gasteiger partial charge on any atom is 0.0926 e. The van der Waals surface area contributed by atoms with Gasteiger partial charge < -0.3 is 4.98 Å². The van der Waals surface area contributed by atoms with Crippen molar-refractivity contribution in [3.05, 3.63) is 102 Å². The molecular weight excluding hydrogens is 346 g/mol. The summed E-state index contributed by atoms with van der Waals surface area (Å²) in [6, 6.07) is 18.9. The van der Waals surface area contributed by atoms with Gasteiger partial charge in [-0.15, -0.1) is 0 Å². The number of nitrogens with zero attached hydrogens (tertiary/aromatic N) is 4. The Bertz CT molecular complexity index is 1060. The minimum atomic E-state index is 0.110. The van der Waals surface area contributed by atoms with Crippen molar-refractivity contribution in [3.8, 4) is 11.3 Å². The van der Waals surface area contributed by atoms with Crippen LogP contribution in [0.2, 0.25) is 0 Å². The first-order valence-corrected chi connectivity index (χ1v) is 9.55. The van der Waals surface area contributed by atoms with Crippen LogP contribution in [0.3, 0.4) is 0 Å². The van der Waals surface area contributed by atoms with E-state index in [0.29, 0.717) is 0 Å². The van der Waals surface area contributed by atoms with E-state index in [0.717, 1.165) is 36.5 Å². The highest BCUT2D eigenvalue weighted by Gasteiger charge is 2.31. The van der Waals surface area contributed by atoms with Crippen molar-refractivity contribution in [1.82, 2.24) is 24.8 Å². The zero-order chi connectivity index (χ0) is 18.8. The van der Waals surface area contributed by atoms with Crippen LogP contribution in [-0.2, 0) is 13.0 Å². The molecule has 0 spiro atoms. The summed E-state index contributed by atoms with van der Waals surface area (Å²) in [5.74, 6) is 0.